The fraction of sp³-hybridized carbons (Fsp3) is 0.550. The molecule has 1 fully saturated rings. The molecule has 0 bridgehead atoms. The van der Waals surface area contributed by atoms with Gasteiger partial charge in [-0.05, 0) is 67.2 Å². The molecule has 3 nitrogen and oxygen atoms in total. The van der Waals surface area contributed by atoms with Crippen LogP contribution in [-0.4, -0.2) is 16.2 Å². The highest BCUT2D eigenvalue weighted by molar-refractivity contribution is 5.75. The molecule has 3 rings (SSSR count). The first kappa shape index (κ1) is 16.3. The van der Waals surface area contributed by atoms with Crippen LogP contribution in [0.5, 0.6) is 0 Å². The van der Waals surface area contributed by atoms with Crippen LogP contribution < -0.4 is 0 Å². The molecule has 1 aromatic carbocycles. The first-order valence-electron chi connectivity index (χ1n) is 8.42. The summed E-state index contributed by atoms with van der Waals surface area (Å²) in [5.41, 5.74) is 3.15. The van der Waals surface area contributed by atoms with Crippen LogP contribution in [0.2, 0.25) is 0 Å². The van der Waals surface area contributed by atoms with Crippen molar-refractivity contribution in [2.75, 3.05) is 0 Å². The zero-order chi connectivity index (χ0) is 17.0. The molecule has 124 valence electrons. The van der Waals surface area contributed by atoms with E-state index in [4.69, 9.17) is 0 Å². The molecule has 4 unspecified atom stereocenters. The van der Waals surface area contributed by atoms with Gasteiger partial charge >= 0.3 is 5.97 Å². The number of carboxylic acids is 1. The van der Waals surface area contributed by atoms with Gasteiger partial charge in [0.25, 0.3) is 0 Å². The number of fused-ring (bicyclic) bond motifs is 3. The molecule has 0 saturated heterocycles. The quantitative estimate of drug-likeness (QED) is 0.855. The summed E-state index contributed by atoms with van der Waals surface area (Å²) in [6.45, 7) is 9.99. The number of hydrogen-bond acceptors (Lipinski definition) is 2. The van der Waals surface area contributed by atoms with Crippen molar-refractivity contribution in [3.63, 3.8) is 0 Å². The maximum Gasteiger partial charge on any atom is 0.309 e. The van der Waals surface area contributed by atoms with Gasteiger partial charge in [0.05, 0.1) is 11.5 Å². The van der Waals surface area contributed by atoms with E-state index in [1.807, 2.05) is 26.0 Å². The van der Waals surface area contributed by atoms with Crippen LogP contribution in [0.4, 0.5) is 0 Å². The number of aliphatic hydroxyl groups excluding tert-OH is 1. The number of aliphatic carboxylic acids is 1. The lowest BCUT2D eigenvalue weighted by molar-refractivity contribution is -0.159. The molecular formula is C20H26O3. The van der Waals surface area contributed by atoms with E-state index in [0.29, 0.717) is 12.8 Å². The summed E-state index contributed by atoms with van der Waals surface area (Å²) < 4.78 is 0. The van der Waals surface area contributed by atoms with Crippen LogP contribution in [0, 0.1) is 11.3 Å². The predicted octanol–water partition coefficient (Wildman–Crippen LogP) is 4.31. The summed E-state index contributed by atoms with van der Waals surface area (Å²) in [7, 11) is 0. The summed E-state index contributed by atoms with van der Waals surface area (Å²) in [4.78, 5) is 11.9. The Balaban J connectivity index is 2.16. The number of carboxylic acid groups (broad SMARTS) is 1. The molecule has 0 aliphatic heterocycles. The highest BCUT2D eigenvalue weighted by Crippen LogP contribution is 2.59. The lowest BCUT2D eigenvalue weighted by atomic mass is 9.49. The van der Waals surface area contributed by atoms with Gasteiger partial charge in [-0.25, -0.2) is 0 Å². The molecular weight excluding hydrogens is 288 g/mol. The highest BCUT2D eigenvalue weighted by atomic mass is 16.4. The van der Waals surface area contributed by atoms with Crippen LogP contribution in [0.1, 0.15) is 69.2 Å². The Morgan fingerprint density at radius 3 is 2.61 bits per heavy atom. The number of benzene rings is 1. The van der Waals surface area contributed by atoms with Gasteiger partial charge < -0.3 is 10.2 Å². The van der Waals surface area contributed by atoms with Crippen molar-refractivity contribution in [3.05, 3.63) is 41.5 Å². The molecule has 1 saturated carbocycles. The van der Waals surface area contributed by atoms with Crippen molar-refractivity contribution < 1.29 is 15.0 Å². The van der Waals surface area contributed by atoms with E-state index < -0.39 is 17.5 Å². The third-order valence-electron chi connectivity index (χ3n) is 6.40. The van der Waals surface area contributed by atoms with Gasteiger partial charge in [-0.3, -0.25) is 4.79 Å². The minimum absolute atomic E-state index is 0.0422. The van der Waals surface area contributed by atoms with Crippen molar-refractivity contribution >= 4 is 11.5 Å². The average molecular weight is 314 g/mol. The Morgan fingerprint density at radius 1 is 1.30 bits per heavy atom. The summed E-state index contributed by atoms with van der Waals surface area (Å²) in [6.07, 6.45) is 2.50. The van der Waals surface area contributed by atoms with Crippen molar-refractivity contribution in [2.24, 2.45) is 11.3 Å². The minimum Gasteiger partial charge on any atom is -0.481 e. The Hall–Kier alpha value is -1.61. The van der Waals surface area contributed by atoms with Gasteiger partial charge in [-0.15, -0.1) is 0 Å². The maximum atomic E-state index is 11.9. The van der Waals surface area contributed by atoms with Crippen molar-refractivity contribution in [1.82, 2.24) is 0 Å². The molecule has 0 amide bonds. The Kier molecular flexibility index (Phi) is 3.68. The summed E-state index contributed by atoms with van der Waals surface area (Å²) in [6, 6.07) is 6.17. The second-order valence-corrected chi connectivity index (χ2v) is 7.88. The van der Waals surface area contributed by atoms with Gasteiger partial charge in [-0.2, -0.15) is 0 Å². The predicted molar refractivity (Wildman–Crippen MR) is 91.2 cm³/mol. The molecule has 0 heterocycles. The third kappa shape index (κ3) is 2.25. The molecule has 1 aromatic rings. The van der Waals surface area contributed by atoms with Gasteiger partial charge in [0.1, 0.15) is 0 Å². The molecule has 0 radical (unpaired) electrons. The lowest BCUT2D eigenvalue weighted by Gasteiger charge is -2.54. The summed E-state index contributed by atoms with van der Waals surface area (Å²) >= 11 is 0. The van der Waals surface area contributed by atoms with Gasteiger partial charge in [0.2, 0.25) is 0 Å². The fourth-order valence-corrected chi connectivity index (χ4v) is 4.95. The summed E-state index contributed by atoms with van der Waals surface area (Å²) in [5.74, 6) is -0.776. The summed E-state index contributed by atoms with van der Waals surface area (Å²) in [5, 5.41) is 20.5. The molecule has 4 atom stereocenters. The Bertz CT molecular complexity index is 677. The smallest absolute Gasteiger partial charge is 0.309 e. The SMILES string of the molecule is C=C(C)c1ccc2c(c1)C(O)CC1C(C)(C(=O)O)CCCC21C. The molecule has 3 heteroatoms. The van der Waals surface area contributed by atoms with Crippen LogP contribution in [0.25, 0.3) is 5.57 Å². The van der Waals surface area contributed by atoms with E-state index in [2.05, 4.69) is 19.6 Å². The monoisotopic (exact) mass is 314 g/mol. The molecule has 0 spiro atoms. The Labute approximate surface area is 138 Å². The second-order valence-electron chi connectivity index (χ2n) is 7.88. The number of allylic oxidation sites excluding steroid dienone is 1. The zero-order valence-corrected chi connectivity index (χ0v) is 14.2. The fourth-order valence-electron chi connectivity index (χ4n) is 4.95. The van der Waals surface area contributed by atoms with Crippen LogP contribution >= 0.6 is 0 Å². The third-order valence-corrected chi connectivity index (χ3v) is 6.40. The van der Waals surface area contributed by atoms with E-state index in [-0.39, 0.29) is 11.3 Å². The number of aliphatic hydroxyl groups is 1. The maximum absolute atomic E-state index is 11.9. The number of rotatable bonds is 2. The van der Waals surface area contributed by atoms with Crippen LogP contribution in [-0.2, 0) is 10.2 Å². The van der Waals surface area contributed by atoms with Gasteiger partial charge in [-0.1, -0.05) is 37.6 Å². The van der Waals surface area contributed by atoms with E-state index in [1.54, 1.807) is 0 Å². The lowest BCUT2D eigenvalue weighted by Crippen LogP contribution is -2.53. The largest absolute Gasteiger partial charge is 0.481 e. The van der Waals surface area contributed by atoms with E-state index in [0.717, 1.165) is 35.1 Å². The Morgan fingerprint density at radius 2 is 2.00 bits per heavy atom. The van der Waals surface area contributed by atoms with Gasteiger partial charge in [0.15, 0.2) is 0 Å². The molecule has 23 heavy (non-hydrogen) atoms. The first-order valence-corrected chi connectivity index (χ1v) is 8.42. The van der Waals surface area contributed by atoms with E-state index >= 15 is 0 Å². The van der Waals surface area contributed by atoms with Crippen molar-refractivity contribution in [3.8, 4) is 0 Å². The van der Waals surface area contributed by atoms with E-state index in [9.17, 15) is 15.0 Å². The number of hydrogen-bond donors (Lipinski definition) is 2. The van der Waals surface area contributed by atoms with E-state index in [1.165, 1.54) is 0 Å². The molecule has 2 aliphatic rings. The molecule has 0 aromatic heterocycles. The van der Waals surface area contributed by atoms with Crippen molar-refractivity contribution in [2.45, 2.75) is 58.0 Å². The average Bonchev–Trinajstić information content (AvgIpc) is 2.49. The van der Waals surface area contributed by atoms with Gasteiger partial charge in [0, 0.05) is 0 Å². The molecule has 2 aliphatic carbocycles. The van der Waals surface area contributed by atoms with Crippen molar-refractivity contribution in [1.29, 1.82) is 0 Å². The topological polar surface area (TPSA) is 57.5 Å². The second kappa shape index (κ2) is 5.20. The molecule has 2 N–H and O–H groups in total. The zero-order valence-electron chi connectivity index (χ0n) is 14.2. The number of carbonyl (C=O) groups is 1. The van der Waals surface area contributed by atoms with Crippen LogP contribution in [0.3, 0.4) is 0 Å². The first-order chi connectivity index (χ1) is 10.7. The standard InChI is InChI=1S/C20H26O3/c1-12(2)13-6-7-15-14(10-13)16(21)11-17-19(15,3)8-5-9-20(17,4)18(22)23/h6-7,10,16-17,21H,1,5,8-9,11H2,2-4H3,(H,22,23). The normalized spacial score (nSPS) is 36.0. The highest BCUT2D eigenvalue weighted by Gasteiger charge is 2.56. The minimum atomic E-state index is -0.765. The van der Waals surface area contributed by atoms with Crippen LogP contribution in [0.15, 0.2) is 24.8 Å².